The highest BCUT2D eigenvalue weighted by Gasteiger charge is 2.22. The summed E-state index contributed by atoms with van der Waals surface area (Å²) in [6, 6.07) is 6.54. The number of halogens is 1. The van der Waals surface area contributed by atoms with Gasteiger partial charge in [-0.15, -0.1) is 0 Å². The van der Waals surface area contributed by atoms with Crippen molar-refractivity contribution in [1.82, 2.24) is 0 Å². The predicted octanol–water partition coefficient (Wildman–Crippen LogP) is 1.65. The lowest BCUT2D eigenvalue weighted by atomic mass is 10.1. The molecule has 2 rings (SSSR count). The third-order valence-corrected chi connectivity index (χ3v) is 2.97. The topological polar surface area (TPSA) is 73.6 Å². The van der Waals surface area contributed by atoms with Crippen LogP contribution in [0.3, 0.4) is 0 Å². The number of anilines is 1. The molecule has 1 N–H and O–H groups in total. The summed E-state index contributed by atoms with van der Waals surface area (Å²) in [6.07, 6.45) is 1.55. The average Bonchev–Trinajstić information content (AvgIpc) is 2.45. The maximum atomic E-state index is 13.9. The molecule has 1 aliphatic rings. The summed E-state index contributed by atoms with van der Waals surface area (Å²) in [5.74, 6) is -1.64. The molecule has 1 saturated heterocycles. The second-order valence-corrected chi connectivity index (χ2v) is 4.28. The highest BCUT2D eigenvalue weighted by molar-refractivity contribution is 5.87. The fourth-order valence-electron chi connectivity index (χ4n) is 2.07. The van der Waals surface area contributed by atoms with Gasteiger partial charge in [0.1, 0.15) is 5.82 Å². The van der Waals surface area contributed by atoms with E-state index in [1.807, 2.05) is 11.0 Å². The van der Waals surface area contributed by atoms with Gasteiger partial charge in [-0.2, -0.15) is 5.26 Å². The molecule has 1 aliphatic heterocycles. The second kappa shape index (κ2) is 6.17. The second-order valence-electron chi connectivity index (χ2n) is 4.28. The smallest absolute Gasteiger partial charge is 0.328 e. The van der Waals surface area contributed by atoms with Crippen LogP contribution in [0.15, 0.2) is 24.3 Å². The number of carboxylic acid groups (broad SMARTS) is 1. The predicted molar refractivity (Wildman–Crippen MR) is 70.6 cm³/mol. The number of benzene rings is 1. The zero-order valence-corrected chi connectivity index (χ0v) is 10.6. The van der Waals surface area contributed by atoms with Gasteiger partial charge in [0.15, 0.2) is 6.10 Å². The first-order chi connectivity index (χ1) is 9.61. The molecule has 0 saturated carbocycles. The molecule has 104 valence electrons. The van der Waals surface area contributed by atoms with Crippen LogP contribution >= 0.6 is 0 Å². The van der Waals surface area contributed by atoms with Gasteiger partial charge in [0.25, 0.3) is 0 Å². The van der Waals surface area contributed by atoms with Gasteiger partial charge in [-0.3, -0.25) is 0 Å². The SMILES string of the molecule is N#CC1CN(c2cccc(F)c2/C=C/C(=O)O)CCO1. The molecule has 0 aromatic heterocycles. The summed E-state index contributed by atoms with van der Waals surface area (Å²) in [5, 5.41) is 17.5. The molecule has 1 fully saturated rings. The Morgan fingerprint density at radius 3 is 3.10 bits per heavy atom. The van der Waals surface area contributed by atoms with Gasteiger partial charge >= 0.3 is 5.97 Å². The Bertz CT molecular complexity index is 580. The van der Waals surface area contributed by atoms with Crippen LogP contribution in [0.2, 0.25) is 0 Å². The molecule has 1 heterocycles. The quantitative estimate of drug-likeness (QED) is 0.850. The Morgan fingerprint density at radius 1 is 1.60 bits per heavy atom. The summed E-state index contributed by atoms with van der Waals surface area (Å²) in [5.41, 5.74) is 0.763. The van der Waals surface area contributed by atoms with Gasteiger partial charge < -0.3 is 14.7 Å². The van der Waals surface area contributed by atoms with E-state index < -0.39 is 17.9 Å². The lowest BCUT2D eigenvalue weighted by Crippen LogP contribution is -2.42. The number of morpholine rings is 1. The first-order valence-electron chi connectivity index (χ1n) is 6.07. The van der Waals surface area contributed by atoms with Crippen LogP contribution in [0.1, 0.15) is 5.56 Å². The highest BCUT2D eigenvalue weighted by atomic mass is 19.1. The van der Waals surface area contributed by atoms with Crippen molar-refractivity contribution in [3.05, 3.63) is 35.7 Å². The van der Waals surface area contributed by atoms with E-state index in [1.165, 1.54) is 12.1 Å². The van der Waals surface area contributed by atoms with E-state index >= 15 is 0 Å². The van der Waals surface area contributed by atoms with Crippen LogP contribution in [0, 0.1) is 17.1 Å². The van der Waals surface area contributed by atoms with Crippen molar-refractivity contribution in [2.24, 2.45) is 0 Å². The van der Waals surface area contributed by atoms with Crippen LogP contribution in [-0.4, -0.2) is 36.9 Å². The van der Waals surface area contributed by atoms with Gasteiger partial charge in [-0.05, 0) is 18.2 Å². The van der Waals surface area contributed by atoms with E-state index in [4.69, 9.17) is 15.1 Å². The number of carbonyl (C=O) groups is 1. The molecule has 1 atom stereocenters. The van der Waals surface area contributed by atoms with E-state index in [0.29, 0.717) is 25.4 Å². The summed E-state index contributed by atoms with van der Waals surface area (Å²) >= 11 is 0. The molecule has 0 aliphatic carbocycles. The Labute approximate surface area is 115 Å². The van der Waals surface area contributed by atoms with E-state index in [2.05, 4.69) is 0 Å². The zero-order chi connectivity index (χ0) is 14.5. The average molecular weight is 276 g/mol. The summed E-state index contributed by atoms with van der Waals surface area (Å²) in [4.78, 5) is 12.4. The number of hydrogen-bond donors (Lipinski definition) is 1. The monoisotopic (exact) mass is 276 g/mol. The van der Waals surface area contributed by atoms with E-state index in [-0.39, 0.29) is 5.56 Å². The minimum absolute atomic E-state index is 0.202. The van der Waals surface area contributed by atoms with Crippen molar-refractivity contribution >= 4 is 17.7 Å². The van der Waals surface area contributed by atoms with Crippen molar-refractivity contribution in [2.45, 2.75) is 6.10 Å². The van der Waals surface area contributed by atoms with Crippen LogP contribution < -0.4 is 4.90 Å². The Hall–Kier alpha value is -2.39. The zero-order valence-electron chi connectivity index (χ0n) is 10.6. The van der Waals surface area contributed by atoms with Crippen LogP contribution in [0.4, 0.5) is 10.1 Å². The number of rotatable bonds is 3. The van der Waals surface area contributed by atoms with Crippen LogP contribution in [-0.2, 0) is 9.53 Å². The number of nitriles is 1. The third kappa shape index (κ3) is 3.13. The minimum Gasteiger partial charge on any atom is -0.478 e. The fourth-order valence-corrected chi connectivity index (χ4v) is 2.07. The first kappa shape index (κ1) is 14.0. The van der Waals surface area contributed by atoms with Gasteiger partial charge in [0, 0.05) is 23.9 Å². The minimum atomic E-state index is -1.14. The molecule has 5 nitrogen and oxygen atoms in total. The molecule has 1 unspecified atom stereocenters. The maximum Gasteiger partial charge on any atom is 0.328 e. The van der Waals surface area contributed by atoms with Crippen LogP contribution in [0.25, 0.3) is 6.08 Å². The number of hydrogen-bond acceptors (Lipinski definition) is 4. The molecule has 0 amide bonds. The number of ether oxygens (including phenoxy) is 1. The van der Waals surface area contributed by atoms with E-state index in [1.54, 1.807) is 12.1 Å². The normalized spacial score (nSPS) is 19.0. The van der Waals surface area contributed by atoms with Gasteiger partial charge in [0.2, 0.25) is 0 Å². The van der Waals surface area contributed by atoms with Gasteiger partial charge in [0.05, 0.1) is 19.2 Å². The lowest BCUT2D eigenvalue weighted by Gasteiger charge is -2.32. The fraction of sp³-hybridized carbons (Fsp3) is 0.286. The lowest BCUT2D eigenvalue weighted by molar-refractivity contribution is -0.131. The third-order valence-electron chi connectivity index (χ3n) is 2.97. The van der Waals surface area contributed by atoms with Crippen LogP contribution in [0.5, 0.6) is 0 Å². The molecule has 0 spiro atoms. The Kier molecular flexibility index (Phi) is 4.33. The van der Waals surface area contributed by atoms with Crippen molar-refractivity contribution in [2.75, 3.05) is 24.6 Å². The molecule has 1 aromatic rings. The first-order valence-corrected chi connectivity index (χ1v) is 6.07. The molecule has 1 aromatic carbocycles. The Balaban J connectivity index is 2.33. The number of nitrogens with zero attached hydrogens (tertiary/aromatic N) is 2. The molecular weight excluding hydrogens is 263 g/mol. The molecule has 6 heteroatoms. The molecule has 0 radical (unpaired) electrons. The molecule has 0 bridgehead atoms. The standard InChI is InChI=1S/C14H13FN2O3/c15-12-2-1-3-13(11(12)4-5-14(18)19)17-6-7-20-10(8-16)9-17/h1-5,10H,6-7,9H2,(H,18,19)/b5-4+. The van der Waals surface area contributed by atoms with Crippen molar-refractivity contribution in [3.8, 4) is 6.07 Å². The molecular formula is C14H13FN2O3. The van der Waals surface area contributed by atoms with Crippen molar-refractivity contribution in [3.63, 3.8) is 0 Å². The van der Waals surface area contributed by atoms with Crippen molar-refractivity contribution in [1.29, 1.82) is 5.26 Å². The Morgan fingerprint density at radius 2 is 2.40 bits per heavy atom. The van der Waals surface area contributed by atoms with Gasteiger partial charge in [-0.25, -0.2) is 9.18 Å². The number of aliphatic carboxylic acids is 1. The molecule has 20 heavy (non-hydrogen) atoms. The summed E-state index contributed by atoms with van der Waals surface area (Å²) < 4.78 is 19.1. The van der Waals surface area contributed by atoms with Gasteiger partial charge in [-0.1, -0.05) is 6.07 Å². The maximum absolute atomic E-state index is 13.9. The summed E-state index contributed by atoms with van der Waals surface area (Å²) in [6.45, 7) is 1.22. The highest BCUT2D eigenvalue weighted by Crippen LogP contribution is 2.26. The summed E-state index contributed by atoms with van der Waals surface area (Å²) in [7, 11) is 0. The van der Waals surface area contributed by atoms with E-state index in [9.17, 15) is 9.18 Å². The van der Waals surface area contributed by atoms with E-state index in [0.717, 1.165) is 6.08 Å². The number of carboxylic acids is 1. The van der Waals surface area contributed by atoms with Crippen molar-refractivity contribution < 1.29 is 19.0 Å². The largest absolute Gasteiger partial charge is 0.478 e.